The molecule has 10 heteroatoms. The fourth-order valence-corrected chi connectivity index (χ4v) is 5.39. The molecule has 4 aromatic carbocycles. The molecule has 1 aliphatic heterocycles. The highest BCUT2D eigenvalue weighted by atomic mass is 35.5. The number of fused-ring (bicyclic) bond motifs is 3. The molecule has 0 bridgehead atoms. The summed E-state index contributed by atoms with van der Waals surface area (Å²) < 4.78 is 18.7. The van der Waals surface area contributed by atoms with Gasteiger partial charge >= 0.3 is 0 Å². The van der Waals surface area contributed by atoms with Gasteiger partial charge in [-0.3, -0.25) is 9.59 Å². The van der Waals surface area contributed by atoms with E-state index >= 15 is 0 Å². The minimum absolute atomic E-state index is 0.124. The maximum atomic E-state index is 13.8. The van der Waals surface area contributed by atoms with E-state index in [9.17, 15) is 9.59 Å². The monoisotopic (exact) mass is 592 g/mol. The normalized spacial score (nSPS) is 13.8. The zero-order valence-electron chi connectivity index (χ0n) is 22.9. The number of ether oxygens (including phenoxy) is 2. The first-order valence-corrected chi connectivity index (χ1v) is 14.2. The van der Waals surface area contributed by atoms with Gasteiger partial charge < -0.3 is 18.8 Å². The Morgan fingerprint density at radius 2 is 1.74 bits per heavy atom. The van der Waals surface area contributed by atoms with E-state index in [0.29, 0.717) is 64.9 Å². The molecule has 0 spiro atoms. The third-order valence-electron chi connectivity index (χ3n) is 7.40. The van der Waals surface area contributed by atoms with Gasteiger partial charge in [0.1, 0.15) is 11.3 Å². The van der Waals surface area contributed by atoms with E-state index in [-0.39, 0.29) is 23.9 Å². The molecule has 0 radical (unpaired) electrons. The summed E-state index contributed by atoms with van der Waals surface area (Å²) in [5.74, 6) is 0.938. The summed E-state index contributed by atoms with van der Waals surface area (Å²) in [5, 5.41) is 8.21. The van der Waals surface area contributed by atoms with E-state index < -0.39 is 0 Å². The molecular formula is C33H25ClN4O5. The van der Waals surface area contributed by atoms with Crippen molar-refractivity contribution < 1.29 is 18.7 Å². The van der Waals surface area contributed by atoms with Gasteiger partial charge in [-0.05, 0) is 53.2 Å². The van der Waals surface area contributed by atoms with Crippen molar-refractivity contribution in [3.63, 3.8) is 0 Å². The SMILES string of the molecule is O=C(COc1ccc2ccccc2c1C=Nn1c(-c2cc3cc(Cl)ccc3o2)nc2ccccc2c1=O)N1CCOCC1. The predicted molar refractivity (Wildman–Crippen MR) is 166 cm³/mol. The van der Waals surface area contributed by atoms with Gasteiger partial charge in [0.25, 0.3) is 11.5 Å². The molecule has 6 aromatic rings. The Hall–Kier alpha value is -4.99. The summed E-state index contributed by atoms with van der Waals surface area (Å²) in [5.41, 5.74) is 1.38. The molecule has 1 aliphatic rings. The van der Waals surface area contributed by atoms with Crippen LogP contribution in [0.15, 0.2) is 99.2 Å². The van der Waals surface area contributed by atoms with Crippen LogP contribution in [0.25, 0.3) is 44.2 Å². The number of nitrogens with zero attached hydrogens (tertiary/aromatic N) is 4. The van der Waals surface area contributed by atoms with Crippen LogP contribution in [0, 0.1) is 0 Å². The van der Waals surface area contributed by atoms with Crippen molar-refractivity contribution in [2.45, 2.75) is 0 Å². The third-order valence-corrected chi connectivity index (χ3v) is 7.64. The van der Waals surface area contributed by atoms with Gasteiger partial charge in [0.05, 0.1) is 30.3 Å². The van der Waals surface area contributed by atoms with E-state index in [1.165, 1.54) is 4.68 Å². The summed E-state index contributed by atoms with van der Waals surface area (Å²) in [7, 11) is 0. The molecule has 2 aromatic heterocycles. The number of benzene rings is 4. The van der Waals surface area contributed by atoms with Crippen LogP contribution in [0.4, 0.5) is 0 Å². The molecule has 1 amide bonds. The van der Waals surface area contributed by atoms with Crippen molar-refractivity contribution in [3.05, 3.63) is 106 Å². The lowest BCUT2D eigenvalue weighted by molar-refractivity contribution is -0.137. The van der Waals surface area contributed by atoms with Crippen molar-refractivity contribution in [1.29, 1.82) is 0 Å². The Kier molecular flexibility index (Phi) is 7.10. The van der Waals surface area contributed by atoms with Crippen molar-refractivity contribution in [2.75, 3.05) is 32.9 Å². The van der Waals surface area contributed by atoms with E-state index in [4.69, 9.17) is 30.5 Å². The van der Waals surface area contributed by atoms with Crippen molar-refractivity contribution >= 4 is 56.4 Å². The first-order valence-electron chi connectivity index (χ1n) is 13.8. The van der Waals surface area contributed by atoms with Crippen LogP contribution in [0.2, 0.25) is 5.02 Å². The summed E-state index contributed by atoms with van der Waals surface area (Å²) in [6.45, 7) is 1.94. The van der Waals surface area contributed by atoms with E-state index in [2.05, 4.69) is 5.10 Å². The zero-order chi connectivity index (χ0) is 29.3. The molecule has 0 unspecified atom stereocenters. The number of para-hydroxylation sites is 1. The first-order chi connectivity index (χ1) is 21.0. The Morgan fingerprint density at radius 3 is 2.60 bits per heavy atom. The lowest BCUT2D eigenvalue weighted by Crippen LogP contribution is -2.43. The maximum Gasteiger partial charge on any atom is 0.282 e. The highest BCUT2D eigenvalue weighted by molar-refractivity contribution is 6.31. The van der Waals surface area contributed by atoms with Crippen LogP contribution in [0.5, 0.6) is 5.75 Å². The first kappa shape index (κ1) is 26.9. The molecule has 7 rings (SSSR count). The van der Waals surface area contributed by atoms with Gasteiger partial charge in [0.15, 0.2) is 12.4 Å². The zero-order valence-corrected chi connectivity index (χ0v) is 23.7. The second-order valence-corrected chi connectivity index (χ2v) is 10.5. The number of halogens is 1. The molecule has 0 aliphatic carbocycles. The maximum absolute atomic E-state index is 13.8. The second-order valence-electron chi connectivity index (χ2n) is 10.1. The molecule has 9 nitrogen and oxygen atoms in total. The van der Waals surface area contributed by atoms with Crippen LogP contribution in [-0.2, 0) is 9.53 Å². The highest BCUT2D eigenvalue weighted by Gasteiger charge is 2.19. The number of amides is 1. The Balaban J connectivity index is 1.33. The van der Waals surface area contributed by atoms with Gasteiger partial charge in [-0.2, -0.15) is 9.78 Å². The third kappa shape index (κ3) is 5.24. The van der Waals surface area contributed by atoms with Gasteiger partial charge in [0.2, 0.25) is 5.82 Å². The van der Waals surface area contributed by atoms with Crippen molar-refractivity contribution in [3.8, 4) is 17.3 Å². The molecule has 1 fully saturated rings. The number of morpholine rings is 1. The number of hydrogen-bond acceptors (Lipinski definition) is 7. The molecular weight excluding hydrogens is 568 g/mol. The number of carbonyl (C=O) groups excluding carboxylic acids is 1. The van der Waals surface area contributed by atoms with Crippen molar-refractivity contribution in [1.82, 2.24) is 14.6 Å². The van der Waals surface area contributed by atoms with Gasteiger partial charge in [0, 0.05) is 29.1 Å². The smallest absolute Gasteiger partial charge is 0.282 e. The van der Waals surface area contributed by atoms with Crippen LogP contribution in [0.3, 0.4) is 0 Å². The van der Waals surface area contributed by atoms with Crippen LogP contribution in [0.1, 0.15) is 5.56 Å². The summed E-state index contributed by atoms with van der Waals surface area (Å²) in [6, 6.07) is 25.7. The average molecular weight is 593 g/mol. The lowest BCUT2D eigenvalue weighted by Gasteiger charge is -2.26. The van der Waals surface area contributed by atoms with E-state index in [1.54, 1.807) is 53.6 Å². The number of hydrogen-bond donors (Lipinski definition) is 0. The molecule has 214 valence electrons. The number of furan rings is 1. The van der Waals surface area contributed by atoms with Gasteiger partial charge in [-0.15, -0.1) is 0 Å². The molecule has 0 atom stereocenters. The molecule has 3 heterocycles. The summed E-state index contributed by atoms with van der Waals surface area (Å²) in [6.07, 6.45) is 1.57. The molecule has 0 saturated carbocycles. The standard InChI is InChI=1S/C33H25ClN4O5/c34-23-10-12-28-22(17-23)18-30(43-28)32-36-27-8-4-3-7-25(27)33(40)38(32)35-19-26-24-6-2-1-5-21(24)9-11-29(26)42-20-31(39)37-13-15-41-16-14-37/h1-12,17-19H,13-16,20H2. The summed E-state index contributed by atoms with van der Waals surface area (Å²) >= 11 is 6.20. The van der Waals surface area contributed by atoms with Crippen LogP contribution < -0.4 is 10.3 Å². The fourth-order valence-electron chi connectivity index (χ4n) is 5.21. The number of carbonyl (C=O) groups is 1. The Bertz CT molecular complexity index is 2100. The molecule has 43 heavy (non-hydrogen) atoms. The van der Waals surface area contributed by atoms with Crippen LogP contribution in [-0.4, -0.2) is 59.6 Å². The molecule has 1 saturated heterocycles. The quantitative estimate of drug-likeness (QED) is 0.229. The average Bonchev–Trinajstić information content (AvgIpc) is 3.47. The topological polar surface area (TPSA) is 99.2 Å². The highest BCUT2D eigenvalue weighted by Crippen LogP contribution is 2.30. The van der Waals surface area contributed by atoms with Crippen molar-refractivity contribution in [2.24, 2.45) is 5.10 Å². The van der Waals surface area contributed by atoms with Crippen LogP contribution >= 0.6 is 11.6 Å². The lowest BCUT2D eigenvalue weighted by atomic mass is 10.0. The Labute approximate surface area is 250 Å². The second kappa shape index (κ2) is 11.4. The fraction of sp³-hybridized carbons (Fsp3) is 0.152. The number of aromatic nitrogens is 2. The molecule has 0 N–H and O–H groups in total. The van der Waals surface area contributed by atoms with E-state index in [0.717, 1.165) is 16.2 Å². The van der Waals surface area contributed by atoms with Gasteiger partial charge in [-0.1, -0.05) is 54.1 Å². The van der Waals surface area contributed by atoms with Gasteiger partial charge in [-0.25, -0.2) is 4.98 Å². The van der Waals surface area contributed by atoms with E-state index in [1.807, 2.05) is 42.5 Å². The predicted octanol–water partition coefficient (Wildman–Crippen LogP) is 5.74. The largest absolute Gasteiger partial charge is 0.483 e. The summed E-state index contributed by atoms with van der Waals surface area (Å²) in [4.78, 5) is 33.1. The Morgan fingerprint density at radius 1 is 0.953 bits per heavy atom. The minimum atomic E-state index is -0.361. The minimum Gasteiger partial charge on any atom is -0.483 e. The number of rotatable bonds is 6.